The van der Waals surface area contributed by atoms with E-state index in [-0.39, 0.29) is 24.7 Å². The lowest BCUT2D eigenvalue weighted by molar-refractivity contribution is -0.121. The van der Waals surface area contributed by atoms with Crippen LogP contribution in [0.15, 0.2) is 36.4 Å². The largest absolute Gasteiger partial charge is 0.326 e. The molecule has 0 aliphatic heterocycles. The minimum absolute atomic E-state index is 0.135. The second-order valence-corrected chi connectivity index (χ2v) is 6.52. The van der Waals surface area contributed by atoms with Crippen molar-refractivity contribution in [3.63, 3.8) is 0 Å². The van der Waals surface area contributed by atoms with Crippen LogP contribution in [0.1, 0.15) is 48.9 Å². The number of hydrogen-bond acceptors (Lipinski definition) is 2. The Kier molecular flexibility index (Phi) is 6.96. The average Bonchev–Trinajstić information content (AvgIpc) is 2.63. The lowest BCUT2D eigenvalue weighted by atomic mass is 10.1. The fourth-order valence-electron chi connectivity index (χ4n) is 3.03. The van der Waals surface area contributed by atoms with Crippen molar-refractivity contribution in [2.45, 2.75) is 53.4 Å². The Morgan fingerprint density at radius 3 is 1.46 bits per heavy atom. The van der Waals surface area contributed by atoms with E-state index >= 15 is 0 Å². The highest BCUT2D eigenvalue weighted by molar-refractivity contribution is 5.98. The van der Waals surface area contributed by atoms with Crippen LogP contribution in [0.5, 0.6) is 0 Å². The van der Waals surface area contributed by atoms with Gasteiger partial charge in [0.25, 0.3) is 0 Å². The van der Waals surface area contributed by atoms with Crippen molar-refractivity contribution in [1.82, 2.24) is 0 Å². The Labute approximate surface area is 156 Å². The molecule has 0 radical (unpaired) electrons. The molecular formula is C22H28N2O2. The van der Waals surface area contributed by atoms with Crippen molar-refractivity contribution in [2.24, 2.45) is 0 Å². The summed E-state index contributed by atoms with van der Waals surface area (Å²) in [6.07, 6.45) is 2.03. The highest BCUT2D eigenvalue weighted by Crippen LogP contribution is 2.23. The van der Waals surface area contributed by atoms with Crippen LogP contribution < -0.4 is 10.6 Å². The monoisotopic (exact) mass is 352 g/mol. The van der Waals surface area contributed by atoms with Crippen molar-refractivity contribution in [2.75, 3.05) is 10.6 Å². The second kappa shape index (κ2) is 9.18. The maximum atomic E-state index is 12.3. The lowest BCUT2D eigenvalue weighted by Crippen LogP contribution is -2.19. The Hall–Kier alpha value is -2.62. The molecule has 0 fully saturated rings. The van der Waals surface area contributed by atoms with Gasteiger partial charge < -0.3 is 10.6 Å². The Bertz CT molecular complexity index is 729. The summed E-state index contributed by atoms with van der Waals surface area (Å²) in [7, 11) is 0. The van der Waals surface area contributed by atoms with Crippen LogP contribution >= 0.6 is 0 Å². The molecule has 4 nitrogen and oxygen atoms in total. The highest BCUT2D eigenvalue weighted by atomic mass is 16.2. The van der Waals surface area contributed by atoms with Crippen LogP contribution in [0.4, 0.5) is 11.4 Å². The zero-order valence-corrected chi connectivity index (χ0v) is 16.1. The molecule has 0 aromatic heterocycles. The van der Waals surface area contributed by atoms with Gasteiger partial charge in [0.05, 0.1) is 0 Å². The molecule has 2 amide bonds. The summed E-state index contributed by atoms with van der Waals surface area (Å²) in [6.45, 7) is 8.08. The quantitative estimate of drug-likeness (QED) is 0.753. The van der Waals surface area contributed by atoms with Gasteiger partial charge in [-0.15, -0.1) is 0 Å². The minimum atomic E-state index is -0.135. The van der Waals surface area contributed by atoms with Crippen LogP contribution in [-0.4, -0.2) is 11.8 Å². The third-order valence-corrected chi connectivity index (χ3v) is 4.59. The van der Waals surface area contributed by atoms with E-state index < -0.39 is 0 Å². The van der Waals surface area contributed by atoms with Gasteiger partial charge in [-0.05, 0) is 48.9 Å². The van der Waals surface area contributed by atoms with E-state index in [4.69, 9.17) is 0 Å². The summed E-state index contributed by atoms with van der Waals surface area (Å²) in [5.41, 5.74) is 6.02. The fourth-order valence-corrected chi connectivity index (χ4v) is 3.03. The Morgan fingerprint density at radius 1 is 0.731 bits per heavy atom. The normalized spacial score (nSPS) is 10.5. The predicted molar refractivity (Wildman–Crippen MR) is 108 cm³/mol. The third kappa shape index (κ3) is 4.94. The van der Waals surface area contributed by atoms with Gasteiger partial charge in [-0.3, -0.25) is 9.59 Å². The maximum Gasteiger partial charge on any atom is 0.224 e. The van der Waals surface area contributed by atoms with Crippen molar-refractivity contribution in [3.05, 3.63) is 58.7 Å². The number of hydrogen-bond donors (Lipinski definition) is 2. The molecule has 0 aliphatic rings. The molecule has 2 aromatic carbocycles. The van der Waals surface area contributed by atoms with Crippen LogP contribution in [-0.2, 0) is 22.4 Å². The fraction of sp³-hybridized carbons (Fsp3) is 0.364. The van der Waals surface area contributed by atoms with E-state index in [9.17, 15) is 9.59 Å². The van der Waals surface area contributed by atoms with Gasteiger partial charge in [0, 0.05) is 24.2 Å². The number of para-hydroxylation sites is 2. The van der Waals surface area contributed by atoms with Gasteiger partial charge in [-0.25, -0.2) is 0 Å². The van der Waals surface area contributed by atoms with Gasteiger partial charge in [-0.2, -0.15) is 0 Å². The molecular weight excluding hydrogens is 324 g/mol. The summed E-state index contributed by atoms with van der Waals surface area (Å²) in [6, 6.07) is 12.0. The number of benzene rings is 2. The summed E-state index contributed by atoms with van der Waals surface area (Å²) < 4.78 is 0. The van der Waals surface area contributed by atoms with E-state index in [1.165, 1.54) is 0 Å². The molecule has 0 saturated carbocycles. The maximum absolute atomic E-state index is 12.3. The van der Waals surface area contributed by atoms with Crippen LogP contribution in [0, 0.1) is 13.8 Å². The zero-order valence-electron chi connectivity index (χ0n) is 16.1. The minimum Gasteiger partial charge on any atom is -0.326 e. The van der Waals surface area contributed by atoms with Gasteiger partial charge in [0.15, 0.2) is 0 Å². The lowest BCUT2D eigenvalue weighted by Gasteiger charge is -2.14. The van der Waals surface area contributed by atoms with Crippen molar-refractivity contribution in [3.8, 4) is 0 Å². The molecule has 2 aromatic rings. The van der Waals surface area contributed by atoms with E-state index in [1.54, 1.807) is 0 Å². The molecule has 4 heteroatoms. The number of aryl methyl sites for hydroxylation is 4. The summed E-state index contributed by atoms with van der Waals surface area (Å²) in [4.78, 5) is 24.6. The molecule has 0 atom stereocenters. The van der Waals surface area contributed by atoms with Gasteiger partial charge in [0.1, 0.15) is 0 Å². The van der Waals surface area contributed by atoms with E-state index in [0.29, 0.717) is 0 Å². The first-order valence-electron chi connectivity index (χ1n) is 9.22. The predicted octanol–water partition coefficient (Wildman–Crippen LogP) is 4.79. The first-order valence-corrected chi connectivity index (χ1v) is 9.22. The van der Waals surface area contributed by atoms with E-state index in [2.05, 4.69) is 24.5 Å². The van der Waals surface area contributed by atoms with Gasteiger partial charge in [0.2, 0.25) is 11.8 Å². The molecule has 138 valence electrons. The number of rotatable bonds is 7. The SMILES string of the molecule is CCc1cccc(C)c1NC(=O)CCC(=O)Nc1c(C)cccc1CC. The second-order valence-electron chi connectivity index (χ2n) is 6.52. The molecule has 2 rings (SSSR count). The Morgan fingerprint density at radius 2 is 1.12 bits per heavy atom. The van der Waals surface area contributed by atoms with Crippen LogP contribution in [0.25, 0.3) is 0 Å². The molecule has 26 heavy (non-hydrogen) atoms. The molecule has 0 saturated heterocycles. The summed E-state index contributed by atoms with van der Waals surface area (Å²) in [5.74, 6) is -0.269. The topological polar surface area (TPSA) is 58.2 Å². The van der Waals surface area contributed by atoms with Crippen molar-refractivity contribution in [1.29, 1.82) is 0 Å². The molecule has 0 unspecified atom stereocenters. The highest BCUT2D eigenvalue weighted by Gasteiger charge is 2.13. The first kappa shape index (κ1) is 19.7. The Balaban J connectivity index is 1.95. The van der Waals surface area contributed by atoms with Crippen LogP contribution in [0.3, 0.4) is 0 Å². The molecule has 0 spiro atoms. The summed E-state index contributed by atoms with van der Waals surface area (Å²) in [5, 5.41) is 5.93. The van der Waals surface area contributed by atoms with Crippen molar-refractivity contribution < 1.29 is 9.59 Å². The zero-order chi connectivity index (χ0) is 19.1. The molecule has 0 heterocycles. The van der Waals surface area contributed by atoms with Gasteiger partial charge in [-0.1, -0.05) is 50.2 Å². The summed E-state index contributed by atoms with van der Waals surface area (Å²) >= 11 is 0. The average molecular weight is 352 g/mol. The number of amides is 2. The van der Waals surface area contributed by atoms with Crippen molar-refractivity contribution >= 4 is 23.2 Å². The standard InChI is InChI=1S/C22H28N2O2/c1-5-17-11-7-9-15(3)21(17)23-19(25)13-14-20(26)24-22-16(4)10-8-12-18(22)6-2/h7-12H,5-6,13-14H2,1-4H3,(H,23,25)(H,24,26). The third-order valence-electron chi connectivity index (χ3n) is 4.59. The number of anilines is 2. The first-order chi connectivity index (χ1) is 12.5. The van der Waals surface area contributed by atoms with E-state index in [1.807, 2.05) is 50.2 Å². The molecule has 0 bridgehead atoms. The molecule has 0 aliphatic carbocycles. The number of carbonyl (C=O) groups is 2. The number of carbonyl (C=O) groups excluding carboxylic acids is 2. The smallest absolute Gasteiger partial charge is 0.224 e. The number of nitrogens with one attached hydrogen (secondary N) is 2. The van der Waals surface area contributed by atoms with Gasteiger partial charge >= 0.3 is 0 Å². The molecule has 2 N–H and O–H groups in total. The van der Waals surface area contributed by atoms with Crippen LogP contribution in [0.2, 0.25) is 0 Å². The van der Waals surface area contributed by atoms with E-state index in [0.717, 1.165) is 46.5 Å².